The first-order valence-electron chi connectivity index (χ1n) is 15.7. The van der Waals surface area contributed by atoms with Crippen LogP contribution in [0.2, 0.25) is 0 Å². The minimum absolute atomic E-state index is 0. The minimum Gasteiger partial charge on any atom is -0.661 e. The van der Waals surface area contributed by atoms with Gasteiger partial charge in [-0.15, -0.1) is 11.4 Å². The van der Waals surface area contributed by atoms with Crippen molar-refractivity contribution in [2.45, 2.75) is 106 Å². The number of nitrogens with zero attached hydrogens (tertiary/aromatic N) is 2. The SMILES string of the molecule is C1CCOC1.C1CCOC1.C1CCOC1.C1CCOC1.C=C(c1[n-]c(C)c(CC)c1C)c1[n-]c(C)c(CC)c1C.[Li+].[Li+]. The molecule has 2 aromatic heterocycles. The van der Waals surface area contributed by atoms with E-state index in [1.54, 1.807) is 0 Å². The summed E-state index contributed by atoms with van der Waals surface area (Å²) in [4.78, 5) is 9.45. The van der Waals surface area contributed by atoms with Gasteiger partial charge in [0.2, 0.25) is 0 Å². The summed E-state index contributed by atoms with van der Waals surface area (Å²) in [5, 5.41) is 0. The summed E-state index contributed by atoms with van der Waals surface area (Å²) in [5.41, 5.74) is 10.4. The van der Waals surface area contributed by atoms with E-state index >= 15 is 0 Å². The number of rotatable bonds is 4. The zero-order valence-electron chi connectivity index (χ0n) is 28.5. The van der Waals surface area contributed by atoms with E-state index in [-0.39, 0.29) is 37.7 Å². The monoisotopic (exact) mass is 570 g/mol. The molecule has 0 unspecified atom stereocenters. The molecule has 4 aliphatic heterocycles. The predicted molar refractivity (Wildman–Crippen MR) is 166 cm³/mol. The molecule has 0 spiro atoms. The van der Waals surface area contributed by atoms with Crippen molar-refractivity contribution in [2.75, 3.05) is 52.9 Å². The zero-order valence-corrected chi connectivity index (χ0v) is 28.5. The summed E-state index contributed by atoms with van der Waals surface area (Å²) in [6, 6.07) is 0. The van der Waals surface area contributed by atoms with Gasteiger partial charge >= 0.3 is 37.7 Å². The van der Waals surface area contributed by atoms with Gasteiger partial charge in [0.1, 0.15) is 0 Å². The Hall–Kier alpha value is -0.665. The van der Waals surface area contributed by atoms with E-state index in [0.717, 1.165) is 94.0 Å². The molecule has 0 amide bonds. The second-order valence-electron chi connectivity index (χ2n) is 10.8. The molecular weight excluding hydrogens is 514 g/mol. The van der Waals surface area contributed by atoms with Crippen LogP contribution in [0.3, 0.4) is 0 Å². The molecule has 4 fully saturated rings. The molecular formula is C34H56Li2N2O4. The van der Waals surface area contributed by atoms with E-state index in [1.165, 1.54) is 73.6 Å². The third-order valence-electron chi connectivity index (χ3n) is 7.64. The first kappa shape index (κ1) is 41.3. The smallest absolute Gasteiger partial charge is 0.661 e. The maximum atomic E-state index is 4.94. The summed E-state index contributed by atoms with van der Waals surface area (Å²) in [6.07, 6.45) is 12.3. The predicted octanol–water partition coefficient (Wildman–Crippen LogP) is 1.22. The molecule has 0 N–H and O–H groups in total. The maximum Gasteiger partial charge on any atom is 1.00 e. The molecule has 0 bridgehead atoms. The second-order valence-corrected chi connectivity index (χ2v) is 10.8. The fraction of sp³-hybridized carbons (Fsp3) is 0.706. The molecule has 6 nitrogen and oxygen atoms in total. The summed E-state index contributed by atoms with van der Waals surface area (Å²) < 4.78 is 19.8. The molecule has 228 valence electrons. The number of hydrogen-bond donors (Lipinski definition) is 0. The fourth-order valence-electron chi connectivity index (χ4n) is 5.25. The van der Waals surface area contributed by atoms with Crippen LogP contribution in [0, 0.1) is 27.7 Å². The van der Waals surface area contributed by atoms with Crippen molar-refractivity contribution in [3.8, 4) is 0 Å². The summed E-state index contributed by atoms with van der Waals surface area (Å²) >= 11 is 0. The maximum absolute atomic E-state index is 4.94. The second kappa shape index (κ2) is 24.6. The van der Waals surface area contributed by atoms with Gasteiger partial charge < -0.3 is 28.9 Å². The van der Waals surface area contributed by atoms with Gasteiger partial charge in [-0.3, -0.25) is 0 Å². The Balaban J connectivity index is 0.000000613. The van der Waals surface area contributed by atoms with Crippen molar-refractivity contribution in [3.63, 3.8) is 0 Å². The molecule has 4 saturated heterocycles. The minimum atomic E-state index is 0. The topological polar surface area (TPSA) is 65.1 Å². The first-order chi connectivity index (χ1) is 19.4. The van der Waals surface area contributed by atoms with Crippen LogP contribution in [-0.2, 0) is 31.8 Å². The van der Waals surface area contributed by atoms with Crippen LogP contribution in [0.25, 0.3) is 5.57 Å². The molecule has 42 heavy (non-hydrogen) atoms. The molecule has 2 aromatic rings. The quantitative estimate of drug-likeness (QED) is 0.516. The summed E-state index contributed by atoms with van der Waals surface area (Å²) in [7, 11) is 0. The first-order valence-corrected chi connectivity index (χ1v) is 15.7. The van der Waals surface area contributed by atoms with Crippen molar-refractivity contribution in [2.24, 2.45) is 0 Å². The molecule has 0 radical (unpaired) electrons. The number of aromatic nitrogens is 2. The van der Waals surface area contributed by atoms with Crippen molar-refractivity contribution >= 4 is 5.57 Å². The van der Waals surface area contributed by atoms with Crippen LogP contribution in [-0.4, -0.2) is 52.9 Å². The summed E-state index contributed by atoms with van der Waals surface area (Å²) in [5.74, 6) is 0. The van der Waals surface area contributed by atoms with Crippen molar-refractivity contribution in [1.82, 2.24) is 9.97 Å². The van der Waals surface area contributed by atoms with Crippen LogP contribution in [0.5, 0.6) is 0 Å². The van der Waals surface area contributed by atoms with E-state index < -0.39 is 0 Å². The standard InChI is InChI=1S/C18H24N2.4C4H8O.2Li/c1-8-15-10(3)17(19-13(15)6)12(5)18-11(4)16(9-2)14(7)20-18;4*1-2-4-5-3-1;;/h5,8-9H2,1-4,6-7H3;4*1-4H2;;/q-2;;;;;2*+1. The molecule has 6 heterocycles. The van der Waals surface area contributed by atoms with Crippen molar-refractivity contribution < 1.29 is 56.7 Å². The Morgan fingerprint density at radius 1 is 0.524 bits per heavy atom. The van der Waals surface area contributed by atoms with Gasteiger partial charge in [-0.25, -0.2) is 0 Å². The van der Waals surface area contributed by atoms with E-state index in [4.69, 9.17) is 28.9 Å². The summed E-state index contributed by atoms with van der Waals surface area (Å²) in [6.45, 7) is 25.1. The van der Waals surface area contributed by atoms with Crippen LogP contribution < -0.4 is 47.7 Å². The fourth-order valence-corrected chi connectivity index (χ4v) is 5.25. The van der Waals surface area contributed by atoms with E-state index in [2.05, 4.69) is 48.1 Å². The largest absolute Gasteiger partial charge is 1.00 e. The van der Waals surface area contributed by atoms with Gasteiger partial charge in [0.25, 0.3) is 0 Å². The third-order valence-corrected chi connectivity index (χ3v) is 7.64. The average molecular weight is 571 g/mol. The number of aryl methyl sites for hydroxylation is 2. The van der Waals surface area contributed by atoms with Gasteiger partial charge in [0, 0.05) is 52.9 Å². The molecule has 0 aliphatic carbocycles. The molecule has 0 aromatic carbocycles. The molecule has 8 heteroatoms. The van der Waals surface area contributed by atoms with Gasteiger partial charge in [-0.05, 0) is 78.1 Å². The van der Waals surface area contributed by atoms with Crippen LogP contribution >= 0.6 is 0 Å². The van der Waals surface area contributed by atoms with E-state index in [1.807, 2.05) is 0 Å². The van der Waals surface area contributed by atoms with Crippen molar-refractivity contribution in [1.29, 1.82) is 0 Å². The molecule has 0 saturated carbocycles. The molecule has 6 rings (SSSR count). The van der Waals surface area contributed by atoms with Gasteiger partial charge in [-0.2, -0.15) is 11.4 Å². The Morgan fingerprint density at radius 3 is 0.905 bits per heavy atom. The Morgan fingerprint density at radius 2 is 0.762 bits per heavy atom. The van der Waals surface area contributed by atoms with Gasteiger partial charge in [-0.1, -0.05) is 62.1 Å². The Labute approximate surface area is 281 Å². The van der Waals surface area contributed by atoms with Crippen molar-refractivity contribution in [3.05, 3.63) is 51.6 Å². The van der Waals surface area contributed by atoms with Crippen LogP contribution in [0.15, 0.2) is 6.58 Å². The van der Waals surface area contributed by atoms with Crippen LogP contribution in [0.4, 0.5) is 0 Å². The Kier molecular flexibility index (Phi) is 24.2. The Bertz CT molecular complexity index is 844. The average Bonchev–Trinajstić information content (AvgIpc) is 3.82. The number of ether oxygens (including phenoxy) is 4. The van der Waals surface area contributed by atoms with E-state index in [0.29, 0.717) is 0 Å². The van der Waals surface area contributed by atoms with Gasteiger partial charge in [0.05, 0.1) is 0 Å². The van der Waals surface area contributed by atoms with Gasteiger partial charge in [0.15, 0.2) is 0 Å². The van der Waals surface area contributed by atoms with Crippen LogP contribution in [0.1, 0.15) is 110 Å². The number of hydrogen-bond acceptors (Lipinski definition) is 4. The third kappa shape index (κ3) is 14.4. The zero-order chi connectivity index (χ0) is 29.2. The normalized spacial score (nSPS) is 16.7. The molecule has 0 atom stereocenters. The molecule has 4 aliphatic rings. The van der Waals surface area contributed by atoms with E-state index in [9.17, 15) is 0 Å².